The summed E-state index contributed by atoms with van der Waals surface area (Å²) in [4.78, 5) is 13.6. The van der Waals surface area contributed by atoms with Crippen molar-refractivity contribution in [2.75, 3.05) is 20.1 Å². The summed E-state index contributed by atoms with van der Waals surface area (Å²) in [7, 11) is 1.75. The zero-order chi connectivity index (χ0) is 15.7. The average Bonchev–Trinajstić information content (AvgIpc) is 2.47. The van der Waals surface area contributed by atoms with Gasteiger partial charge in [0, 0.05) is 6.54 Å². The third kappa shape index (κ3) is 2.99. The number of carbonyl (C=O) groups excluding carboxylic acids is 1. The summed E-state index contributed by atoms with van der Waals surface area (Å²) in [6.45, 7) is 1.06. The summed E-state index contributed by atoms with van der Waals surface area (Å²) >= 11 is 0. The Morgan fingerprint density at radius 2 is 1.57 bits per heavy atom. The molecule has 0 amide bonds. The van der Waals surface area contributed by atoms with E-state index < -0.39 is 46.7 Å². The predicted molar refractivity (Wildman–Crippen MR) is 62.1 cm³/mol. The van der Waals surface area contributed by atoms with Gasteiger partial charge in [0.2, 0.25) is 34.8 Å². The van der Waals surface area contributed by atoms with E-state index in [1.807, 2.05) is 4.90 Å². The van der Waals surface area contributed by atoms with Crippen LogP contribution in [-0.4, -0.2) is 31.0 Å². The Hall–Kier alpha value is -1.70. The molecule has 8 heteroatoms. The number of rotatable bonds is 2. The molecule has 1 aliphatic rings. The fourth-order valence-electron chi connectivity index (χ4n) is 2.22. The van der Waals surface area contributed by atoms with Crippen LogP contribution < -0.4 is 4.74 Å². The van der Waals surface area contributed by atoms with E-state index in [9.17, 15) is 26.7 Å². The van der Waals surface area contributed by atoms with E-state index in [1.165, 1.54) is 0 Å². The van der Waals surface area contributed by atoms with Crippen LogP contribution in [0.1, 0.15) is 12.8 Å². The lowest BCUT2D eigenvalue weighted by Gasteiger charge is -2.28. The molecular weight excluding hydrogens is 297 g/mol. The van der Waals surface area contributed by atoms with E-state index in [0.717, 1.165) is 6.54 Å². The van der Waals surface area contributed by atoms with Crippen molar-refractivity contribution in [3.05, 3.63) is 29.1 Å². The van der Waals surface area contributed by atoms with E-state index in [1.54, 1.807) is 7.05 Å². The zero-order valence-electron chi connectivity index (χ0n) is 11.1. The van der Waals surface area contributed by atoms with Crippen LogP contribution in [0.5, 0.6) is 5.75 Å². The quantitative estimate of drug-likeness (QED) is 0.276. The van der Waals surface area contributed by atoms with Gasteiger partial charge in [0.15, 0.2) is 0 Å². The number of likely N-dealkylation sites (tertiary alicyclic amines) is 1. The molecule has 3 nitrogen and oxygen atoms in total. The molecule has 0 spiro atoms. The maximum Gasteiger partial charge on any atom is 0.315 e. The van der Waals surface area contributed by atoms with Gasteiger partial charge in [-0.1, -0.05) is 0 Å². The molecule has 1 aromatic rings. The molecule has 1 saturated heterocycles. The monoisotopic (exact) mass is 309 g/mol. The molecule has 0 saturated carbocycles. The molecule has 0 aliphatic carbocycles. The Morgan fingerprint density at radius 3 is 2.10 bits per heavy atom. The molecule has 21 heavy (non-hydrogen) atoms. The number of piperidine rings is 1. The summed E-state index contributed by atoms with van der Waals surface area (Å²) < 4.78 is 70.1. The zero-order valence-corrected chi connectivity index (χ0v) is 11.1. The highest BCUT2D eigenvalue weighted by Crippen LogP contribution is 2.30. The van der Waals surface area contributed by atoms with E-state index >= 15 is 0 Å². The Labute approximate surface area is 117 Å². The number of hydrogen-bond donors (Lipinski definition) is 0. The largest absolute Gasteiger partial charge is 0.420 e. The van der Waals surface area contributed by atoms with Gasteiger partial charge in [-0.15, -0.1) is 0 Å². The molecule has 1 aromatic carbocycles. The maximum atomic E-state index is 13.4. The molecule has 116 valence electrons. The van der Waals surface area contributed by atoms with Gasteiger partial charge in [-0.3, -0.25) is 4.79 Å². The van der Waals surface area contributed by atoms with Crippen molar-refractivity contribution in [1.29, 1.82) is 0 Å². The average molecular weight is 309 g/mol. The summed E-state index contributed by atoms with van der Waals surface area (Å²) in [6, 6.07) is 0. The van der Waals surface area contributed by atoms with Crippen molar-refractivity contribution < 1.29 is 31.5 Å². The number of carbonyl (C=O) groups is 1. The maximum absolute atomic E-state index is 13.4. The Kier molecular flexibility index (Phi) is 4.46. The highest BCUT2D eigenvalue weighted by atomic mass is 19.2. The molecule has 0 unspecified atom stereocenters. The highest BCUT2D eigenvalue weighted by Gasteiger charge is 2.31. The lowest BCUT2D eigenvalue weighted by molar-refractivity contribution is -0.141. The molecule has 0 bridgehead atoms. The van der Waals surface area contributed by atoms with Gasteiger partial charge < -0.3 is 9.64 Å². The second-order valence-corrected chi connectivity index (χ2v) is 4.92. The number of nitrogens with zero attached hydrogens (tertiary/aromatic N) is 1. The van der Waals surface area contributed by atoms with Crippen molar-refractivity contribution in [2.45, 2.75) is 12.8 Å². The van der Waals surface area contributed by atoms with Gasteiger partial charge in [0.1, 0.15) is 0 Å². The van der Waals surface area contributed by atoms with Crippen molar-refractivity contribution >= 4 is 5.97 Å². The smallest absolute Gasteiger partial charge is 0.315 e. The van der Waals surface area contributed by atoms with Crippen LogP contribution in [0.3, 0.4) is 0 Å². The predicted octanol–water partition coefficient (Wildman–Crippen LogP) is 2.63. The number of esters is 1. The topological polar surface area (TPSA) is 29.5 Å². The van der Waals surface area contributed by atoms with E-state index in [0.29, 0.717) is 19.4 Å². The number of halogens is 5. The fourth-order valence-corrected chi connectivity index (χ4v) is 2.22. The first kappa shape index (κ1) is 15.7. The van der Waals surface area contributed by atoms with Gasteiger partial charge in [0.05, 0.1) is 5.92 Å². The summed E-state index contributed by atoms with van der Waals surface area (Å²) in [5, 5.41) is 0. The molecular formula is C13H12F5NO2. The van der Waals surface area contributed by atoms with Gasteiger partial charge >= 0.3 is 5.97 Å². The first-order valence-corrected chi connectivity index (χ1v) is 6.24. The molecule has 1 heterocycles. The second-order valence-electron chi connectivity index (χ2n) is 4.92. The number of hydrogen-bond acceptors (Lipinski definition) is 3. The van der Waals surface area contributed by atoms with E-state index in [-0.39, 0.29) is 0 Å². The first-order valence-electron chi connectivity index (χ1n) is 6.24. The Balaban J connectivity index is 2.25. The minimum Gasteiger partial charge on any atom is -0.420 e. The SMILES string of the molecule is CN1CCC[C@H](C(=O)Oc2c(F)c(F)c(F)c(F)c2F)C1. The van der Waals surface area contributed by atoms with Crippen LogP contribution in [0.15, 0.2) is 0 Å². The Bertz CT molecular complexity index is 549. The minimum absolute atomic E-state index is 0.300. The molecule has 0 N–H and O–H groups in total. The van der Waals surface area contributed by atoms with Gasteiger partial charge in [-0.2, -0.15) is 8.78 Å². The standard InChI is InChI=1S/C13H12F5NO2/c1-19-4-2-3-6(5-19)13(20)21-12-10(17)8(15)7(14)9(16)11(12)18/h6H,2-5H2,1H3/t6-/m0/s1. The van der Waals surface area contributed by atoms with Gasteiger partial charge in [0.25, 0.3) is 0 Å². The summed E-state index contributed by atoms with van der Waals surface area (Å²) in [6.07, 6.45) is 1.10. The van der Waals surface area contributed by atoms with Crippen molar-refractivity contribution in [2.24, 2.45) is 5.92 Å². The van der Waals surface area contributed by atoms with Crippen LogP contribution in [0.4, 0.5) is 22.0 Å². The van der Waals surface area contributed by atoms with Crippen molar-refractivity contribution in [3.63, 3.8) is 0 Å². The second kappa shape index (κ2) is 5.97. The minimum atomic E-state index is -2.29. The number of benzene rings is 1. The lowest BCUT2D eigenvalue weighted by atomic mass is 9.99. The number of ether oxygens (including phenoxy) is 1. The normalized spacial score (nSPS) is 19.6. The van der Waals surface area contributed by atoms with Crippen LogP contribution in [0, 0.1) is 35.0 Å². The Morgan fingerprint density at radius 1 is 1.05 bits per heavy atom. The molecule has 1 atom stereocenters. The van der Waals surface area contributed by atoms with Crippen molar-refractivity contribution in [3.8, 4) is 5.75 Å². The van der Waals surface area contributed by atoms with Crippen molar-refractivity contribution in [1.82, 2.24) is 4.90 Å². The van der Waals surface area contributed by atoms with Crippen LogP contribution in [-0.2, 0) is 4.79 Å². The fraction of sp³-hybridized carbons (Fsp3) is 0.462. The third-order valence-corrected chi connectivity index (χ3v) is 3.33. The molecule has 0 aromatic heterocycles. The summed E-state index contributed by atoms with van der Waals surface area (Å²) in [5.74, 6) is -14.1. The molecule has 0 radical (unpaired) electrons. The van der Waals surface area contributed by atoms with Gasteiger partial charge in [-0.05, 0) is 26.4 Å². The van der Waals surface area contributed by atoms with Crippen LogP contribution in [0.2, 0.25) is 0 Å². The van der Waals surface area contributed by atoms with Crippen LogP contribution in [0.25, 0.3) is 0 Å². The van der Waals surface area contributed by atoms with E-state index in [2.05, 4.69) is 4.74 Å². The molecule has 1 fully saturated rings. The highest BCUT2D eigenvalue weighted by molar-refractivity contribution is 5.75. The van der Waals surface area contributed by atoms with E-state index in [4.69, 9.17) is 0 Å². The molecule has 2 rings (SSSR count). The molecule has 1 aliphatic heterocycles. The third-order valence-electron chi connectivity index (χ3n) is 3.33. The lowest BCUT2D eigenvalue weighted by Crippen LogP contribution is -2.38. The first-order chi connectivity index (χ1) is 9.82. The van der Waals surface area contributed by atoms with Gasteiger partial charge in [-0.25, -0.2) is 13.2 Å². The summed E-state index contributed by atoms with van der Waals surface area (Å²) in [5.41, 5.74) is 0. The van der Waals surface area contributed by atoms with Crippen LogP contribution >= 0.6 is 0 Å².